The fraction of sp³-hybridized carbons (Fsp3) is 0.333. The summed E-state index contributed by atoms with van der Waals surface area (Å²) in [6.45, 7) is -1.07. The van der Waals surface area contributed by atoms with E-state index in [1.165, 1.54) is 24.9 Å². The quantitative estimate of drug-likeness (QED) is 0.881. The van der Waals surface area contributed by atoms with Crippen LogP contribution in [0.4, 0.5) is 14.6 Å². The van der Waals surface area contributed by atoms with E-state index in [0.717, 1.165) is 16.8 Å². The second-order valence-electron chi connectivity index (χ2n) is 5.14. The molecule has 1 atom stereocenters. The van der Waals surface area contributed by atoms with Crippen molar-refractivity contribution in [3.05, 3.63) is 35.0 Å². The third-order valence-electron chi connectivity index (χ3n) is 3.60. The summed E-state index contributed by atoms with van der Waals surface area (Å²) in [6, 6.07) is 4.77. The zero-order chi connectivity index (χ0) is 17.3. The van der Waals surface area contributed by atoms with E-state index in [0.29, 0.717) is 5.82 Å². The summed E-state index contributed by atoms with van der Waals surface area (Å²) in [7, 11) is 1.39. The van der Waals surface area contributed by atoms with Crippen LogP contribution in [0.25, 0.3) is 0 Å². The lowest BCUT2D eigenvalue weighted by Gasteiger charge is -2.17. The van der Waals surface area contributed by atoms with Gasteiger partial charge in [0.15, 0.2) is 17.3 Å². The van der Waals surface area contributed by atoms with Crippen LogP contribution >= 0.6 is 11.8 Å². The first kappa shape index (κ1) is 16.6. The molecule has 24 heavy (non-hydrogen) atoms. The van der Waals surface area contributed by atoms with Crippen molar-refractivity contribution in [1.82, 2.24) is 10.2 Å². The topological polar surface area (TPSA) is 76.2 Å². The number of methoxy groups -OCH3 is 1. The molecule has 0 saturated carbocycles. The molecular formula is C15H15F2N3O3S. The third-order valence-corrected chi connectivity index (χ3v) is 4.87. The minimum Gasteiger partial charge on any atom is -0.493 e. The summed E-state index contributed by atoms with van der Waals surface area (Å²) >= 11 is 1.43. The number of rotatable bonds is 4. The molecule has 2 aromatic rings. The number of aromatic nitrogens is 2. The van der Waals surface area contributed by atoms with Crippen molar-refractivity contribution in [3.63, 3.8) is 0 Å². The first-order chi connectivity index (χ1) is 11.5. The zero-order valence-corrected chi connectivity index (χ0v) is 13.7. The van der Waals surface area contributed by atoms with Gasteiger partial charge in [0, 0.05) is 11.3 Å². The van der Waals surface area contributed by atoms with Gasteiger partial charge in [-0.25, -0.2) is 0 Å². The molecule has 1 amide bonds. The highest BCUT2D eigenvalue weighted by molar-refractivity contribution is 8.00. The van der Waals surface area contributed by atoms with E-state index < -0.39 is 6.61 Å². The molecule has 0 radical (unpaired) electrons. The predicted molar refractivity (Wildman–Crippen MR) is 85.9 cm³/mol. The first-order valence-electron chi connectivity index (χ1n) is 7.08. The number of alkyl halides is 2. The molecule has 1 aliphatic rings. The second-order valence-corrected chi connectivity index (χ2v) is 6.23. The van der Waals surface area contributed by atoms with Crippen molar-refractivity contribution in [2.24, 2.45) is 0 Å². The van der Waals surface area contributed by atoms with Crippen LogP contribution in [0.3, 0.4) is 0 Å². The highest BCUT2D eigenvalue weighted by atomic mass is 32.2. The van der Waals surface area contributed by atoms with E-state index >= 15 is 0 Å². The Bertz CT molecular complexity index is 766. The van der Waals surface area contributed by atoms with Crippen molar-refractivity contribution in [2.75, 3.05) is 18.2 Å². The van der Waals surface area contributed by atoms with Gasteiger partial charge in [-0.1, -0.05) is 6.07 Å². The highest BCUT2D eigenvalue weighted by Gasteiger charge is 2.29. The number of aromatic amines is 1. The number of H-pyrrole nitrogens is 1. The molecule has 1 aromatic carbocycles. The van der Waals surface area contributed by atoms with Crippen molar-refractivity contribution in [2.45, 2.75) is 18.8 Å². The number of anilines is 1. The number of benzene rings is 1. The molecule has 2 heterocycles. The number of thioether (sulfide) groups is 1. The van der Waals surface area contributed by atoms with Crippen molar-refractivity contribution in [1.29, 1.82) is 0 Å². The van der Waals surface area contributed by atoms with Crippen molar-refractivity contribution in [3.8, 4) is 11.5 Å². The molecule has 1 aliphatic heterocycles. The Kier molecular flexibility index (Phi) is 4.61. The summed E-state index contributed by atoms with van der Waals surface area (Å²) in [4.78, 5) is 11.8. The summed E-state index contributed by atoms with van der Waals surface area (Å²) < 4.78 is 34.5. The number of carbonyl (C=O) groups is 1. The lowest BCUT2D eigenvalue weighted by molar-refractivity contribution is -0.113. The predicted octanol–water partition coefficient (Wildman–Crippen LogP) is 3.10. The maximum absolute atomic E-state index is 12.5. The van der Waals surface area contributed by atoms with Crippen molar-refractivity contribution >= 4 is 23.5 Å². The summed E-state index contributed by atoms with van der Waals surface area (Å²) in [6.07, 6.45) is 0. The molecule has 0 aliphatic carbocycles. The van der Waals surface area contributed by atoms with Crippen LogP contribution < -0.4 is 14.8 Å². The number of amides is 1. The smallest absolute Gasteiger partial charge is 0.387 e. The zero-order valence-electron chi connectivity index (χ0n) is 12.9. The number of hydrogen-bond acceptors (Lipinski definition) is 5. The molecule has 0 unspecified atom stereocenters. The van der Waals surface area contributed by atoms with Gasteiger partial charge in [-0.3, -0.25) is 9.89 Å². The van der Waals surface area contributed by atoms with Crippen LogP contribution in [0.1, 0.15) is 22.1 Å². The lowest BCUT2D eigenvalue weighted by atomic mass is 10.0. The van der Waals surface area contributed by atoms with Gasteiger partial charge in [0.25, 0.3) is 0 Å². The van der Waals surface area contributed by atoms with Gasteiger partial charge in [0.1, 0.15) is 0 Å². The Balaban J connectivity index is 2.02. The summed E-state index contributed by atoms with van der Waals surface area (Å²) in [5, 5.41) is 9.54. The minimum atomic E-state index is -2.93. The minimum absolute atomic E-state index is 0.0341. The largest absolute Gasteiger partial charge is 0.493 e. The highest BCUT2D eigenvalue weighted by Crippen LogP contribution is 2.44. The molecule has 1 aromatic heterocycles. The number of nitrogens with one attached hydrogen (secondary N) is 2. The molecule has 3 rings (SSSR count). The standard InChI is InChI=1S/C15H15F2N3O3S/c1-7-12-13(24-6-11(21)18-14(12)20-19-7)8-3-4-9(23-15(16)17)10(5-8)22-2/h3-5,13,15H,6H2,1-2H3,(H2,18,19,20,21)/t13-/m0/s1. The number of aryl methyl sites for hydroxylation is 1. The monoisotopic (exact) mass is 355 g/mol. The maximum Gasteiger partial charge on any atom is 0.387 e. The summed E-state index contributed by atoms with van der Waals surface area (Å²) in [5.41, 5.74) is 2.49. The fourth-order valence-corrected chi connectivity index (χ4v) is 3.75. The number of hydrogen-bond donors (Lipinski definition) is 2. The second kappa shape index (κ2) is 6.68. The van der Waals surface area contributed by atoms with E-state index in [1.54, 1.807) is 12.1 Å². The van der Waals surface area contributed by atoms with Crippen LogP contribution in [0.15, 0.2) is 18.2 Å². The van der Waals surface area contributed by atoms with E-state index in [2.05, 4.69) is 20.3 Å². The van der Waals surface area contributed by atoms with Gasteiger partial charge in [-0.05, 0) is 24.6 Å². The van der Waals surface area contributed by atoms with Gasteiger partial charge >= 0.3 is 6.61 Å². The average Bonchev–Trinajstić information content (AvgIpc) is 2.79. The SMILES string of the molecule is COc1cc([C@@H]2SCC(=O)Nc3n[nH]c(C)c32)ccc1OC(F)F. The van der Waals surface area contributed by atoms with Gasteiger partial charge in [0.2, 0.25) is 5.91 Å². The average molecular weight is 355 g/mol. The van der Waals surface area contributed by atoms with Crippen LogP contribution in [-0.2, 0) is 4.79 Å². The first-order valence-corrected chi connectivity index (χ1v) is 8.13. The molecule has 0 spiro atoms. The van der Waals surface area contributed by atoms with E-state index in [4.69, 9.17) is 4.74 Å². The Morgan fingerprint density at radius 2 is 2.17 bits per heavy atom. The van der Waals surface area contributed by atoms with Crippen LogP contribution in [0.5, 0.6) is 11.5 Å². The molecule has 0 saturated heterocycles. The van der Waals surface area contributed by atoms with Crippen LogP contribution in [-0.4, -0.2) is 35.6 Å². The Morgan fingerprint density at radius 1 is 1.38 bits per heavy atom. The van der Waals surface area contributed by atoms with E-state index in [9.17, 15) is 13.6 Å². The molecule has 0 bridgehead atoms. The lowest BCUT2D eigenvalue weighted by Crippen LogP contribution is -2.12. The Labute approximate surface area is 140 Å². The normalized spacial score (nSPS) is 17.2. The Hall–Kier alpha value is -2.29. The van der Waals surface area contributed by atoms with Crippen LogP contribution in [0.2, 0.25) is 0 Å². The Morgan fingerprint density at radius 3 is 2.88 bits per heavy atom. The number of ether oxygens (including phenoxy) is 2. The van der Waals surface area contributed by atoms with Crippen LogP contribution in [0, 0.1) is 6.92 Å². The fourth-order valence-electron chi connectivity index (χ4n) is 2.57. The molecule has 9 heteroatoms. The molecular weight excluding hydrogens is 340 g/mol. The number of nitrogens with zero attached hydrogens (tertiary/aromatic N) is 1. The van der Waals surface area contributed by atoms with E-state index in [-0.39, 0.29) is 28.4 Å². The molecule has 2 N–H and O–H groups in total. The number of fused-ring (bicyclic) bond motifs is 1. The van der Waals surface area contributed by atoms with E-state index in [1.807, 2.05) is 6.92 Å². The van der Waals surface area contributed by atoms with Gasteiger partial charge in [0.05, 0.1) is 18.1 Å². The summed E-state index contributed by atoms with van der Waals surface area (Å²) in [5.74, 6) is 0.782. The third kappa shape index (κ3) is 3.16. The number of carbonyl (C=O) groups excluding carboxylic acids is 1. The van der Waals surface area contributed by atoms with Crippen molar-refractivity contribution < 1.29 is 23.0 Å². The molecule has 128 valence electrons. The number of halogens is 2. The maximum atomic E-state index is 12.5. The molecule has 6 nitrogen and oxygen atoms in total. The van der Waals surface area contributed by atoms with Gasteiger partial charge in [-0.2, -0.15) is 13.9 Å². The van der Waals surface area contributed by atoms with Gasteiger partial charge in [-0.15, -0.1) is 11.8 Å². The van der Waals surface area contributed by atoms with Gasteiger partial charge < -0.3 is 14.8 Å². The molecule has 0 fully saturated rings.